The van der Waals surface area contributed by atoms with E-state index in [2.05, 4.69) is 18.3 Å². The molecule has 1 saturated carbocycles. The van der Waals surface area contributed by atoms with Crippen LogP contribution < -0.4 is 11.1 Å². The first-order valence-corrected chi connectivity index (χ1v) is 6.62. The van der Waals surface area contributed by atoms with Crippen molar-refractivity contribution in [2.75, 3.05) is 17.6 Å². The Morgan fingerprint density at radius 1 is 1.39 bits per heavy atom. The van der Waals surface area contributed by atoms with Gasteiger partial charge in [0.05, 0.1) is 12.5 Å². The first-order valence-electron chi connectivity index (χ1n) is 6.62. The number of hydrogen-bond donors (Lipinski definition) is 2. The van der Waals surface area contributed by atoms with E-state index in [0.29, 0.717) is 17.5 Å². The van der Waals surface area contributed by atoms with Crippen LogP contribution in [0.2, 0.25) is 0 Å². The lowest BCUT2D eigenvalue weighted by molar-refractivity contribution is 0.362. The first kappa shape index (κ1) is 12.8. The van der Waals surface area contributed by atoms with Gasteiger partial charge >= 0.3 is 0 Å². The largest absolute Gasteiger partial charge is 0.398 e. The molecule has 1 aliphatic carbocycles. The van der Waals surface area contributed by atoms with Crippen LogP contribution in [0.1, 0.15) is 38.2 Å². The summed E-state index contributed by atoms with van der Waals surface area (Å²) in [5.41, 5.74) is 8.96. The Balaban J connectivity index is 2.01. The summed E-state index contributed by atoms with van der Waals surface area (Å²) < 4.78 is 0. The maximum Gasteiger partial charge on any atom is 0.0670 e. The van der Waals surface area contributed by atoms with E-state index in [1.165, 1.54) is 25.7 Å². The summed E-state index contributed by atoms with van der Waals surface area (Å²) in [6.45, 7) is 3.35. The molecular formula is C15H21N3. The predicted molar refractivity (Wildman–Crippen MR) is 75.2 cm³/mol. The molecule has 0 unspecified atom stereocenters. The van der Waals surface area contributed by atoms with Gasteiger partial charge in [-0.3, -0.25) is 0 Å². The van der Waals surface area contributed by atoms with Gasteiger partial charge in [0.25, 0.3) is 0 Å². The third kappa shape index (κ3) is 2.95. The summed E-state index contributed by atoms with van der Waals surface area (Å²) in [5, 5.41) is 12.2. The highest BCUT2D eigenvalue weighted by Crippen LogP contribution is 2.37. The van der Waals surface area contributed by atoms with E-state index in [4.69, 9.17) is 11.0 Å². The minimum Gasteiger partial charge on any atom is -0.398 e. The quantitative estimate of drug-likeness (QED) is 0.797. The molecule has 1 fully saturated rings. The molecule has 0 amide bonds. The topological polar surface area (TPSA) is 61.8 Å². The number of anilines is 2. The summed E-state index contributed by atoms with van der Waals surface area (Å²) in [4.78, 5) is 0. The molecule has 18 heavy (non-hydrogen) atoms. The maximum absolute atomic E-state index is 8.75. The minimum atomic E-state index is 0.374. The van der Waals surface area contributed by atoms with Crippen LogP contribution in [0.3, 0.4) is 0 Å². The number of benzene rings is 1. The van der Waals surface area contributed by atoms with Gasteiger partial charge in [-0.05, 0) is 42.0 Å². The number of hydrogen-bond acceptors (Lipinski definition) is 3. The Bertz CT molecular complexity index is 453. The number of nitrogens with two attached hydrogens (primary N) is 1. The zero-order valence-electron chi connectivity index (χ0n) is 11.0. The Hall–Kier alpha value is -1.69. The Morgan fingerprint density at radius 3 is 2.78 bits per heavy atom. The molecule has 0 saturated heterocycles. The van der Waals surface area contributed by atoms with Crippen LogP contribution in [0.15, 0.2) is 18.2 Å². The van der Waals surface area contributed by atoms with Crippen molar-refractivity contribution in [2.24, 2.45) is 5.41 Å². The van der Waals surface area contributed by atoms with Crippen LogP contribution in [0, 0.1) is 16.7 Å². The van der Waals surface area contributed by atoms with Gasteiger partial charge in [0.15, 0.2) is 0 Å². The molecule has 2 rings (SSSR count). The number of nitrogen functional groups attached to an aromatic ring is 1. The van der Waals surface area contributed by atoms with Crippen LogP contribution in [-0.4, -0.2) is 6.54 Å². The van der Waals surface area contributed by atoms with Gasteiger partial charge in [0, 0.05) is 17.9 Å². The third-order valence-electron chi connectivity index (χ3n) is 3.94. The highest BCUT2D eigenvalue weighted by Gasteiger charge is 2.28. The van der Waals surface area contributed by atoms with E-state index >= 15 is 0 Å². The van der Waals surface area contributed by atoms with E-state index < -0.39 is 0 Å². The summed E-state index contributed by atoms with van der Waals surface area (Å²) >= 11 is 0. The summed E-state index contributed by atoms with van der Waals surface area (Å²) in [7, 11) is 0. The highest BCUT2D eigenvalue weighted by atomic mass is 14.9. The van der Waals surface area contributed by atoms with E-state index in [1.807, 2.05) is 18.2 Å². The molecule has 0 heterocycles. The zero-order chi connectivity index (χ0) is 13.0. The average Bonchev–Trinajstić information content (AvgIpc) is 2.78. The van der Waals surface area contributed by atoms with Crippen LogP contribution in [0.25, 0.3) is 0 Å². The number of nitrogens with zero attached hydrogens (tertiary/aromatic N) is 1. The van der Waals surface area contributed by atoms with E-state index in [-0.39, 0.29) is 0 Å². The minimum absolute atomic E-state index is 0.374. The molecule has 96 valence electrons. The summed E-state index contributed by atoms with van der Waals surface area (Å²) in [5.74, 6) is 0. The number of nitrogens with one attached hydrogen (secondary N) is 1. The predicted octanol–water partition coefficient (Wildman–Crippen LogP) is 3.33. The second kappa shape index (κ2) is 5.30. The molecule has 0 aromatic heterocycles. The van der Waals surface area contributed by atoms with Crippen molar-refractivity contribution in [3.05, 3.63) is 23.8 Å². The molecule has 3 nitrogen and oxygen atoms in total. The zero-order valence-corrected chi connectivity index (χ0v) is 11.0. The molecule has 0 spiro atoms. The first-order chi connectivity index (χ1) is 8.63. The Morgan fingerprint density at radius 2 is 2.11 bits per heavy atom. The van der Waals surface area contributed by atoms with Crippen molar-refractivity contribution in [1.29, 1.82) is 5.26 Å². The molecule has 3 N–H and O–H groups in total. The van der Waals surface area contributed by atoms with Crippen molar-refractivity contribution < 1.29 is 0 Å². The fraction of sp³-hybridized carbons (Fsp3) is 0.533. The Labute approximate surface area is 109 Å². The van der Waals surface area contributed by atoms with E-state index in [1.54, 1.807) is 0 Å². The Kier molecular flexibility index (Phi) is 3.76. The van der Waals surface area contributed by atoms with Crippen molar-refractivity contribution in [1.82, 2.24) is 0 Å². The van der Waals surface area contributed by atoms with Gasteiger partial charge in [0.1, 0.15) is 0 Å². The van der Waals surface area contributed by atoms with Crippen LogP contribution in [0.4, 0.5) is 11.4 Å². The standard InChI is InChI=1S/C15H21N3/c1-15(7-2-3-8-15)11-18-13-4-5-14(17)12(10-13)6-9-16/h4-5,10,18H,2-3,6-8,11,17H2,1H3. The smallest absolute Gasteiger partial charge is 0.0670 e. The number of rotatable bonds is 4. The SMILES string of the molecule is CC1(CNc2ccc(N)c(CC#N)c2)CCCC1. The van der Waals surface area contributed by atoms with Gasteiger partial charge < -0.3 is 11.1 Å². The second-order valence-corrected chi connectivity index (χ2v) is 5.62. The lowest BCUT2D eigenvalue weighted by Crippen LogP contribution is -2.23. The van der Waals surface area contributed by atoms with Crippen LogP contribution in [-0.2, 0) is 6.42 Å². The lowest BCUT2D eigenvalue weighted by Gasteiger charge is -2.24. The van der Waals surface area contributed by atoms with Crippen molar-refractivity contribution in [3.63, 3.8) is 0 Å². The lowest BCUT2D eigenvalue weighted by atomic mass is 9.89. The van der Waals surface area contributed by atoms with Crippen LogP contribution >= 0.6 is 0 Å². The van der Waals surface area contributed by atoms with Gasteiger partial charge in [-0.15, -0.1) is 0 Å². The fourth-order valence-corrected chi connectivity index (χ4v) is 2.67. The summed E-state index contributed by atoms with van der Waals surface area (Å²) in [6.07, 6.45) is 5.68. The molecule has 1 aromatic carbocycles. The molecular weight excluding hydrogens is 222 g/mol. The molecule has 1 aliphatic rings. The normalized spacial score (nSPS) is 17.3. The average molecular weight is 243 g/mol. The fourth-order valence-electron chi connectivity index (χ4n) is 2.67. The maximum atomic E-state index is 8.75. The molecule has 0 atom stereocenters. The van der Waals surface area contributed by atoms with Crippen molar-refractivity contribution >= 4 is 11.4 Å². The van der Waals surface area contributed by atoms with Gasteiger partial charge in [-0.25, -0.2) is 0 Å². The molecule has 0 bridgehead atoms. The van der Waals surface area contributed by atoms with Crippen molar-refractivity contribution in [3.8, 4) is 6.07 Å². The second-order valence-electron chi connectivity index (χ2n) is 5.62. The van der Waals surface area contributed by atoms with Crippen molar-refractivity contribution in [2.45, 2.75) is 39.0 Å². The van der Waals surface area contributed by atoms with Gasteiger partial charge in [-0.1, -0.05) is 19.8 Å². The van der Waals surface area contributed by atoms with E-state index in [0.717, 1.165) is 17.8 Å². The third-order valence-corrected chi connectivity index (χ3v) is 3.94. The highest BCUT2D eigenvalue weighted by molar-refractivity contribution is 5.58. The van der Waals surface area contributed by atoms with Crippen LogP contribution in [0.5, 0.6) is 0 Å². The van der Waals surface area contributed by atoms with E-state index in [9.17, 15) is 0 Å². The summed E-state index contributed by atoms with van der Waals surface area (Å²) in [6, 6.07) is 8.02. The monoisotopic (exact) mass is 243 g/mol. The molecule has 3 heteroatoms. The number of nitriles is 1. The molecule has 0 radical (unpaired) electrons. The van der Waals surface area contributed by atoms with Gasteiger partial charge in [-0.2, -0.15) is 5.26 Å². The van der Waals surface area contributed by atoms with Gasteiger partial charge in [0.2, 0.25) is 0 Å². The molecule has 0 aliphatic heterocycles. The molecule has 1 aromatic rings.